The van der Waals surface area contributed by atoms with Crippen LogP contribution in [0, 0.1) is 6.92 Å². The Morgan fingerprint density at radius 3 is 2.55 bits per heavy atom. The van der Waals surface area contributed by atoms with Crippen LogP contribution in [0.5, 0.6) is 5.75 Å². The molecule has 106 valence electrons. The van der Waals surface area contributed by atoms with E-state index in [-0.39, 0.29) is 0 Å². The van der Waals surface area contributed by atoms with Gasteiger partial charge in [0.2, 0.25) is 0 Å². The van der Waals surface area contributed by atoms with Gasteiger partial charge in [-0.25, -0.2) is 0 Å². The molecule has 20 heavy (non-hydrogen) atoms. The van der Waals surface area contributed by atoms with Crippen molar-refractivity contribution in [3.63, 3.8) is 0 Å². The van der Waals surface area contributed by atoms with Crippen molar-refractivity contribution < 1.29 is 9.84 Å². The number of rotatable bonds is 6. The van der Waals surface area contributed by atoms with Crippen LogP contribution in [-0.2, 0) is 6.42 Å². The highest BCUT2D eigenvalue weighted by Gasteiger charge is 2.09. The Hall–Kier alpha value is -1.80. The Bertz CT molecular complexity index is 532. The second kappa shape index (κ2) is 7.11. The lowest BCUT2D eigenvalue weighted by atomic mass is 10.1. The quantitative estimate of drug-likeness (QED) is 0.802. The summed E-state index contributed by atoms with van der Waals surface area (Å²) in [6, 6.07) is 16.3. The van der Waals surface area contributed by atoms with Crippen molar-refractivity contribution in [1.82, 2.24) is 0 Å². The Morgan fingerprint density at radius 2 is 1.85 bits per heavy atom. The van der Waals surface area contributed by atoms with Crippen LogP contribution in [0.1, 0.15) is 36.1 Å². The van der Waals surface area contributed by atoms with Gasteiger partial charge in [0, 0.05) is 5.56 Å². The lowest BCUT2D eigenvalue weighted by Crippen LogP contribution is -2.03. The van der Waals surface area contributed by atoms with Crippen molar-refractivity contribution in [1.29, 1.82) is 0 Å². The topological polar surface area (TPSA) is 29.5 Å². The van der Waals surface area contributed by atoms with Gasteiger partial charge in [-0.05, 0) is 44.4 Å². The van der Waals surface area contributed by atoms with Crippen LogP contribution in [0.4, 0.5) is 0 Å². The molecule has 1 atom stereocenters. The molecular formula is C18H22O2. The zero-order valence-electron chi connectivity index (χ0n) is 12.2. The molecule has 2 heteroatoms. The molecule has 0 spiro atoms. The van der Waals surface area contributed by atoms with Crippen LogP contribution >= 0.6 is 0 Å². The standard InChI is InChI=1S/C18H22O2/c1-14-10-11-18(17(13-14)15(2)19)20-12-6-9-16-7-4-3-5-8-16/h3-5,7-8,10-11,13,15,19H,6,9,12H2,1-2H3. The molecule has 1 unspecified atom stereocenters. The molecule has 2 aromatic carbocycles. The number of aliphatic hydroxyl groups excluding tert-OH is 1. The molecule has 0 amide bonds. The largest absolute Gasteiger partial charge is 0.493 e. The molecule has 0 heterocycles. The van der Waals surface area contributed by atoms with E-state index in [1.54, 1.807) is 6.92 Å². The number of hydrogen-bond acceptors (Lipinski definition) is 2. The third-order valence-electron chi connectivity index (χ3n) is 3.33. The predicted molar refractivity (Wildman–Crippen MR) is 82.1 cm³/mol. The Morgan fingerprint density at radius 1 is 1.10 bits per heavy atom. The molecular weight excluding hydrogens is 248 g/mol. The third kappa shape index (κ3) is 4.10. The van der Waals surface area contributed by atoms with E-state index in [4.69, 9.17) is 4.74 Å². The maximum absolute atomic E-state index is 9.78. The SMILES string of the molecule is Cc1ccc(OCCCc2ccccc2)c(C(C)O)c1. The second-order valence-electron chi connectivity index (χ2n) is 5.15. The first-order chi connectivity index (χ1) is 9.66. The van der Waals surface area contributed by atoms with Gasteiger partial charge in [0.05, 0.1) is 12.7 Å². The smallest absolute Gasteiger partial charge is 0.125 e. The van der Waals surface area contributed by atoms with Gasteiger partial charge in [-0.15, -0.1) is 0 Å². The van der Waals surface area contributed by atoms with Gasteiger partial charge in [-0.1, -0.05) is 42.0 Å². The lowest BCUT2D eigenvalue weighted by molar-refractivity contribution is 0.191. The van der Waals surface area contributed by atoms with Gasteiger partial charge < -0.3 is 9.84 Å². The minimum atomic E-state index is -0.501. The van der Waals surface area contributed by atoms with Crippen molar-refractivity contribution in [2.24, 2.45) is 0 Å². The number of ether oxygens (including phenoxy) is 1. The normalized spacial score (nSPS) is 12.2. The van der Waals surface area contributed by atoms with E-state index in [0.717, 1.165) is 29.7 Å². The van der Waals surface area contributed by atoms with Crippen molar-refractivity contribution in [3.8, 4) is 5.75 Å². The van der Waals surface area contributed by atoms with Crippen LogP contribution in [0.15, 0.2) is 48.5 Å². The minimum absolute atomic E-state index is 0.501. The van der Waals surface area contributed by atoms with Crippen LogP contribution < -0.4 is 4.74 Å². The fourth-order valence-corrected chi connectivity index (χ4v) is 2.23. The molecule has 2 nitrogen and oxygen atoms in total. The average Bonchev–Trinajstić information content (AvgIpc) is 2.45. The molecule has 2 aromatic rings. The van der Waals surface area contributed by atoms with Crippen LogP contribution in [0.25, 0.3) is 0 Å². The highest BCUT2D eigenvalue weighted by Crippen LogP contribution is 2.26. The molecule has 0 aliphatic rings. The van der Waals surface area contributed by atoms with Crippen LogP contribution in [0.2, 0.25) is 0 Å². The molecule has 0 fully saturated rings. The number of hydrogen-bond donors (Lipinski definition) is 1. The first kappa shape index (κ1) is 14.6. The van der Waals surface area contributed by atoms with Gasteiger partial charge in [0.15, 0.2) is 0 Å². The molecule has 0 bridgehead atoms. The minimum Gasteiger partial charge on any atom is -0.493 e. The van der Waals surface area contributed by atoms with Gasteiger partial charge in [0.25, 0.3) is 0 Å². The van der Waals surface area contributed by atoms with E-state index in [1.165, 1.54) is 5.56 Å². The molecule has 1 N–H and O–H groups in total. The van der Waals surface area contributed by atoms with Crippen LogP contribution in [-0.4, -0.2) is 11.7 Å². The summed E-state index contributed by atoms with van der Waals surface area (Å²) in [7, 11) is 0. The summed E-state index contributed by atoms with van der Waals surface area (Å²) in [6.07, 6.45) is 1.48. The van der Waals surface area contributed by atoms with E-state index in [9.17, 15) is 5.11 Å². The second-order valence-corrected chi connectivity index (χ2v) is 5.15. The number of benzene rings is 2. The summed E-state index contributed by atoms with van der Waals surface area (Å²) in [6.45, 7) is 4.45. The summed E-state index contributed by atoms with van der Waals surface area (Å²) >= 11 is 0. The fraction of sp³-hybridized carbons (Fsp3) is 0.333. The predicted octanol–water partition coefficient (Wildman–Crippen LogP) is 4.06. The summed E-state index contributed by atoms with van der Waals surface area (Å²) < 4.78 is 5.82. The third-order valence-corrected chi connectivity index (χ3v) is 3.33. The van der Waals surface area contributed by atoms with Crippen molar-refractivity contribution in [3.05, 3.63) is 65.2 Å². The monoisotopic (exact) mass is 270 g/mol. The van der Waals surface area contributed by atoms with Gasteiger partial charge >= 0.3 is 0 Å². The zero-order valence-corrected chi connectivity index (χ0v) is 12.2. The lowest BCUT2D eigenvalue weighted by Gasteiger charge is -2.14. The van der Waals surface area contributed by atoms with Crippen molar-refractivity contribution in [2.75, 3.05) is 6.61 Å². The van der Waals surface area contributed by atoms with E-state index in [2.05, 4.69) is 24.3 Å². The highest BCUT2D eigenvalue weighted by molar-refractivity contribution is 5.38. The molecule has 0 aliphatic carbocycles. The Kier molecular flexibility index (Phi) is 5.19. The summed E-state index contributed by atoms with van der Waals surface area (Å²) in [5.74, 6) is 0.790. The van der Waals surface area contributed by atoms with E-state index in [1.807, 2.05) is 31.2 Å². The van der Waals surface area contributed by atoms with Gasteiger partial charge in [-0.2, -0.15) is 0 Å². The molecule has 0 saturated carbocycles. The first-order valence-corrected chi connectivity index (χ1v) is 7.12. The molecule has 0 saturated heterocycles. The fourth-order valence-electron chi connectivity index (χ4n) is 2.23. The Balaban J connectivity index is 1.88. The van der Waals surface area contributed by atoms with Crippen molar-refractivity contribution in [2.45, 2.75) is 32.8 Å². The van der Waals surface area contributed by atoms with E-state index < -0.39 is 6.10 Å². The molecule has 0 radical (unpaired) electrons. The number of aryl methyl sites for hydroxylation is 2. The van der Waals surface area contributed by atoms with Gasteiger partial charge in [0.1, 0.15) is 5.75 Å². The van der Waals surface area contributed by atoms with Crippen LogP contribution in [0.3, 0.4) is 0 Å². The van der Waals surface area contributed by atoms with Crippen molar-refractivity contribution >= 4 is 0 Å². The molecule has 0 aliphatic heterocycles. The summed E-state index contributed by atoms with van der Waals surface area (Å²) in [5, 5.41) is 9.78. The number of aliphatic hydroxyl groups is 1. The molecule has 0 aromatic heterocycles. The Labute approximate surface area is 121 Å². The molecule has 2 rings (SSSR count). The van der Waals surface area contributed by atoms with E-state index in [0.29, 0.717) is 6.61 Å². The maximum atomic E-state index is 9.78. The van der Waals surface area contributed by atoms with Gasteiger partial charge in [-0.3, -0.25) is 0 Å². The maximum Gasteiger partial charge on any atom is 0.125 e. The highest BCUT2D eigenvalue weighted by atomic mass is 16.5. The average molecular weight is 270 g/mol. The zero-order chi connectivity index (χ0) is 14.4. The van der Waals surface area contributed by atoms with E-state index >= 15 is 0 Å². The summed E-state index contributed by atoms with van der Waals surface area (Å²) in [4.78, 5) is 0. The first-order valence-electron chi connectivity index (χ1n) is 7.12. The summed E-state index contributed by atoms with van der Waals surface area (Å²) in [5.41, 5.74) is 3.33.